The summed E-state index contributed by atoms with van der Waals surface area (Å²) in [5.41, 5.74) is -1.09. The van der Waals surface area contributed by atoms with Gasteiger partial charge >= 0.3 is 18.3 Å². The number of rotatable bonds is 9. The molecule has 0 aromatic heterocycles. The molecule has 1 spiro atoms. The lowest BCUT2D eigenvalue weighted by atomic mass is 9.59. The number of esters is 1. The monoisotopic (exact) mass is 621 g/mol. The molecule has 6 rings (SSSR count). The molecule has 0 bridgehead atoms. The van der Waals surface area contributed by atoms with Crippen molar-refractivity contribution in [2.24, 2.45) is 29.1 Å². The van der Waals surface area contributed by atoms with E-state index in [0.29, 0.717) is 44.3 Å². The predicted molar refractivity (Wildman–Crippen MR) is 148 cm³/mol. The molecule has 0 aliphatic heterocycles. The topological polar surface area (TPSA) is 35.5 Å². The number of hydrogen-bond donors (Lipinski definition) is 0. The number of hydrogen-bond acceptors (Lipinski definition) is 3. The molecule has 0 N–H and O–H groups in total. The molecule has 3 aliphatic carbocycles. The average molecular weight is 622 g/mol. The first-order chi connectivity index (χ1) is 20.4. The summed E-state index contributed by atoms with van der Waals surface area (Å²) in [5.74, 6) is 2.66. The summed E-state index contributed by atoms with van der Waals surface area (Å²) in [4.78, 5) is 14.1. The smallest absolute Gasteiger partial charge is 0.416 e. The number of ether oxygens (including phenoxy) is 2. The second-order valence-electron chi connectivity index (χ2n) is 11.8. The van der Waals surface area contributed by atoms with Crippen LogP contribution in [0.5, 0.6) is 5.75 Å². The fourth-order valence-electron chi connectivity index (χ4n) is 7.41. The van der Waals surface area contributed by atoms with Crippen LogP contribution in [0.1, 0.15) is 43.7 Å². The molecule has 5 unspecified atom stereocenters. The molecular formula is C33H31F6O3S+. The van der Waals surface area contributed by atoms with E-state index in [1.807, 2.05) is 0 Å². The van der Waals surface area contributed by atoms with Gasteiger partial charge in [0.25, 0.3) is 0 Å². The Morgan fingerprint density at radius 1 is 0.791 bits per heavy atom. The Labute approximate surface area is 248 Å². The largest absolute Gasteiger partial charge is 0.482 e. The van der Waals surface area contributed by atoms with Crippen LogP contribution in [-0.4, -0.2) is 19.2 Å². The van der Waals surface area contributed by atoms with Crippen LogP contribution in [0.4, 0.5) is 26.3 Å². The lowest BCUT2D eigenvalue weighted by molar-refractivity contribution is -0.151. The Morgan fingerprint density at radius 2 is 1.30 bits per heavy atom. The van der Waals surface area contributed by atoms with Gasteiger partial charge in [-0.15, -0.1) is 0 Å². The average Bonchev–Trinajstić information content (AvgIpc) is 3.63. The standard InChI is InChI=1S/C33H31F6O3S/c1-2-20-15-24-17-31(24)16-21(30(20)31)18-42-29(40)19-41-25-7-13-28(14-8-25)43(26-9-3-22(4-10-26)32(34,35)36)27-11-5-23(6-12-27)33(37,38)39/h3-14,20-21,24,30H,2,15-19H2,1H3/q+1. The van der Waals surface area contributed by atoms with Gasteiger partial charge in [0.1, 0.15) is 5.75 Å². The lowest BCUT2D eigenvalue weighted by Crippen LogP contribution is -2.43. The van der Waals surface area contributed by atoms with Gasteiger partial charge in [0.05, 0.1) is 28.6 Å². The number of alkyl halides is 6. The summed E-state index contributed by atoms with van der Waals surface area (Å²) in [6, 6.07) is 15.9. The van der Waals surface area contributed by atoms with Crippen LogP contribution in [0.3, 0.4) is 0 Å². The molecule has 0 heterocycles. The maximum Gasteiger partial charge on any atom is 0.416 e. The van der Waals surface area contributed by atoms with Crippen molar-refractivity contribution in [3.05, 3.63) is 83.9 Å². The van der Waals surface area contributed by atoms with Gasteiger partial charge in [0, 0.05) is 0 Å². The van der Waals surface area contributed by atoms with Crippen LogP contribution in [0.25, 0.3) is 0 Å². The molecule has 3 fully saturated rings. The van der Waals surface area contributed by atoms with Crippen molar-refractivity contribution in [1.82, 2.24) is 0 Å². The minimum atomic E-state index is -4.51. The van der Waals surface area contributed by atoms with E-state index in [4.69, 9.17) is 9.47 Å². The Morgan fingerprint density at radius 3 is 1.79 bits per heavy atom. The molecule has 5 atom stereocenters. The zero-order chi connectivity index (χ0) is 30.6. The van der Waals surface area contributed by atoms with Gasteiger partial charge in [-0.05, 0) is 121 Å². The van der Waals surface area contributed by atoms with Gasteiger partial charge in [0.15, 0.2) is 21.3 Å². The SMILES string of the molecule is CCC1CC2CC23CC(COC(=O)COc2ccc([S+](c4ccc(C(F)(F)F)cc4)c4ccc(C(F)(F)F)cc4)cc2)C13. The third-order valence-electron chi connectivity index (χ3n) is 9.42. The Kier molecular flexibility index (Phi) is 7.72. The Bertz CT molecular complexity index is 1390. The van der Waals surface area contributed by atoms with Crippen LogP contribution in [-0.2, 0) is 32.8 Å². The quantitative estimate of drug-likeness (QED) is 0.136. The van der Waals surface area contributed by atoms with E-state index in [9.17, 15) is 31.1 Å². The number of halogens is 6. The van der Waals surface area contributed by atoms with Gasteiger partial charge in [-0.25, -0.2) is 4.79 Å². The van der Waals surface area contributed by atoms with E-state index in [2.05, 4.69) is 6.92 Å². The van der Waals surface area contributed by atoms with Crippen molar-refractivity contribution in [2.75, 3.05) is 13.2 Å². The van der Waals surface area contributed by atoms with Gasteiger partial charge < -0.3 is 9.47 Å². The highest BCUT2D eigenvalue weighted by Gasteiger charge is 2.73. The summed E-state index contributed by atoms with van der Waals surface area (Å²) in [6.07, 6.45) is -4.07. The first kappa shape index (κ1) is 29.9. The minimum absolute atomic E-state index is 0.259. The second-order valence-corrected chi connectivity index (χ2v) is 13.8. The summed E-state index contributed by atoms with van der Waals surface area (Å²) in [5, 5.41) is 0. The van der Waals surface area contributed by atoms with Gasteiger partial charge in [-0.3, -0.25) is 0 Å². The molecule has 3 aliphatic rings. The zero-order valence-corrected chi connectivity index (χ0v) is 24.2. The van der Waals surface area contributed by atoms with Gasteiger partial charge in [0.2, 0.25) is 0 Å². The first-order valence-electron chi connectivity index (χ1n) is 14.4. The summed E-state index contributed by atoms with van der Waals surface area (Å²) in [6.45, 7) is 2.39. The van der Waals surface area contributed by atoms with Crippen LogP contribution < -0.4 is 4.74 Å². The van der Waals surface area contributed by atoms with Gasteiger partial charge in [-0.1, -0.05) is 13.3 Å². The van der Waals surface area contributed by atoms with Crippen LogP contribution in [0.2, 0.25) is 0 Å². The maximum atomic E-state index is 13.2. The maximum absolute atomic E-state index is 13.2. The summed E-state index contributed by atoms with van der Waals surface area (Å²) < 4.78 is 90.1. The molecule has 3 aromatic carbocycles. The van der Waals surface area contributed by atoms with Crippen molar-refractivity contribution in [3.63, 3.8) is 0 Å². The molecule has 3 saturated carbocycles. The normalized spacial score (nSPS) is 26.0. The molecule has 3 aromatic rings. The molecule has 43 heavy (non-hydrogen) atoms. The molecule has 228 valence electrons. The molecule has 3 nitrogen and oxygen atoms in total. The van der Waals surface area contributed by atoms with E-state index in [0.717, 1.165) is 42.5 Å². The van der Waals surface area contributed by atoms with Crippen molar-refractivity contribution < 1.29 is 40.6 Å². The van der Waals surface area contributed by atoms with Crippen molar-refractivity contribution in [2.45, 2.75) is 59.6 Å². The van der Waals surface area contributed by atoms with Crippen molar-refractivity contribution >= 4 is 16.9 Å². The van der Waals surface area contributed by atoms with E-state index >= 15 is 0 Å². The zero-order valence-electron chi connectivity index (χ0n) is 23.4. The highest BCUT2D eigenvalue weighted by molar-refractivity contribution is 7.97. The summed E-state index contributed by atoms with van der Waals surface area (Å²) in [7, 11) is -0.997. The Hall–Kier alpha value is -3.14. The minimum Gasteiger partial charge on any atom is -0.482 e. The van der Waals surface area contributed by atoms with Crippen LogP contribution >= 0.6 is 0 Å². The van der Waals surface area contributed by atoms with Crippen molar-refractivity contribution in [3.8, 4) is 5.75 Å². The van der Waals surface area contributed by atoms with Crippen molar-refractivity contribution in [1.29, 1.82) is 0 Å². The fraction of sp³-hybridized carbons (Fsp3) is 0.424. The molecule has 0 saturated heterocycles. The molecule has 0 amide bonds. The molecule has 0 radical (unpaired) electrons. The molecular weight excluding hydrogens is 590 g/mol. The fourth-order valence-corrected chi connectivity index (χ4v) is 9.45. The summed E-state index contributed by atoms with van der Waals surface area (Å²) >= 11 is 0. The highest BCUT2D eigenvalue weighted by Crippen LogP contribution is 2.79. The van der Waals surface area contributed by atoms with E-state index < -0.39 is 40.3 Å². The van der Waals surface area contributed by atoms with E-state index in [-0.39, 0.29) is 6.61 Å². The first-order valence-corrected chi connectivity index (χ1v) is 15.6. The van der Waals surface area contributed by atoms with Crippen LogP contribution in [0.15, 0.2) is 87.5 Å². The van der Waals surface area contributed by atoms with E-state index in [1.165, 1.54) is 43.5 Å². The van der Waals surface area contributed by atoms with Crippen LogP contribution in [0, 0.1) is 29.1 Å². The third kappa shape index (κ3) is 5.87. The number of carbonyl (C=O) groups excluding carboxylic acids is 1. The second kappa shape index (κ2) is 11.1. The highest BCUT2D eigenvalue weighted by atomic mass is 32.2. The third-order valence-corrected chi connectivity index (χ3v) is 11.7. The van der Waals surface area contributed by atoms with E-state index in [1.54, 1.807) is 24.3 Å². The Balaban J connectivity index is 1.11. The van der Waals surface area contributed by atoms with Gasteiger partial charge in [-0.2, -0.15) is 26.3 Å². The molecule has 10 heteroatoms. The lowest BCUT2D eigenvalue weighted by Gasteiger charge is -2.46. The number of benzene rings is 3. The number of carbonyl (C=O) groups is 1. The predicted octanol–water partition coefficient (Wildman–Crippen LogP) is 8.81.